The maximum absolute atomic E-state index is 11.9. The summed E-state index contributed by atoms with van der Waals surface area (Å²) in [6.07, 6.45) is 27.1. The molecule has 0 aliphatic rings. The second-order valence-electron chi connectivity index (χ2n) is 10.0. The third kappa shape index (κ3) is 13.2. The first-order valence-electron chi connectivity index (χ1n) is 12.9. The first-order valence-corrected chi connectivity index (χ1v) is 14.1. The highest BCUT2D eigenvalue weighted by atomic mass is 31.1. The van der Waals surface area contributed by atoms with Gasteiger partial charge in [-0.25, -0.2) is 0 Å². The summed E-state index contributed by atoms with van der Waals surface area (Å²) in [7, 11) is 3.62. The number of rotatable bonds is 21. The van der Waals surface area contributed by atoms with Crippen LogP contribution in [0.5, 0.6) is 0 Å². The number of hydrogen-bond acceptors (Lipinski definition) is 2. The van der Waals surface area contributed by atoms with Crippen molar-refractivity contribution in [2.75, 3.05) is 21.1 Å². The van der Waals surface area contributed by atoms with Crippen molar-refractivity contribution in [2.24, 2.45) is 0 Å². The van der Waals surface area contributed by atoms with Gasteiger partial charge < -0.3 is 4.89 Å². The normalized spacial score (nSPS) is 14.9. The van der Waals surface area contributed by atoms with Gasteiger partial charge in [0.05, 0.1) is 21.1 Å². The zero-order valence-corrected chi connectivity index (χ0v) is 22.0. The Kier molecular flexibility index (Phi) is 18.2. The molecule has 0 aromatic carbocycles. The van der Waals surface area contributed by atoms with Crippen molar-refractivity contribution >= 4 is 8.03 Å². The van der Waals surface area contributed by atoms with Gasteiger partial charge in [0, 0.05) is 12.8 Å². The molecule has 0 aromatic rings. The molecule has 2 unspecified atom stereocenters. The molecule has 30 heavy (non-hydrogen) atoms. The molecule has 178 valence electrons. The zero-order valence-electron chi connectivity index (χ0n) is 21.1. The zero-order chi connectivity index (χ0) is 22.7. The van der Waals surface area contributed by atoms with Crippen LogP contribution in [0.4, 0.5) is 0 Å². The standard InChI is InChI=1S/C26H53NO2P/c1-6-8-9-10-11-12-13-14-15-16-17-18-19-20-21-22-23-24-25-26(7-2,30(28)29)27(3,4)5/h14-15H,6-13,16-25H2,1-5H3/q+1/b15-14-. The molecule has 0 fully saturated rings. The van der Waals surface area contributed by atoms with E-state index in [0.29, 0.717) is 10.9 Å². The highest BCUT2D eigenvalue weighted by Gasteiger charge is 2.52. The van der Waals surface area contributed by atoms with Gasteiger partial charge in [-0.3, -0.25) is 4.48 Å². The van der Waals surface area contributed by atoms with Crippen molar-refractivity contribution in [2.45, 2.75) is 135 Å². The fourth-order valence-corrected chi connectivity index (χ4v) is 5.55. The molecule has 0 radical (unpaired) electrons. The Morgan fingerprint density at radius 1 is 0.700 bits per heavy atom. The Bertz CT molecular complexity index is 445. The second-order valence-corrected chi connectivity index (χ2v) is 11.3. The van der Waals surface area contributed by atoms with E-state index in [1.807, 2.05) is 28.1 Å². The molecule has 0 aromatic heterocycles. The molecule has 0 N–H and O–H groups in total. The maximum atomic E-state index is 11.9. The smallest absolute Gasteiger partial charge is 0.376 e. The highest BCUT2D eigenvalue weighted by Crippen LogP contribution is 2.44. The number of unbranched alkanes of at least 4 members (excludes halogenated alkanes) is 14. The van der Waals surface area contributed by atoms with Crippen molar-refractivity contribution in [3.05, 3.63) is 12.2 Å². The van der Waals surface area contributed by atoms with Gasteiger partial charge in [-0.15, -0.1) is 0 Å². The Balaban J connectivity index is 3.58. The summed E-state index contributed by atoms with van der Waals surface area (Å²) in [5.74, 6) is 0. The molecule has 0 saturated carbocycles. The quantitative estimate of drug-likeness (QED) is 0.0779. The van der Waals surface area contributed by atoms with Crippen molar-refractivity contribution < 1.29 is 13.9 Å². The minimum atomic E-state index is -2.41. The second kappa shape index (κ2) is 18.3. The van der Waals surface area contributed by atoms with Gasteiger partial charge in [0.25, 0.3) is 5.28 Å². The average molecular weight is 443 g/mol. The van der Waals surface area contributed by atoms with Crippen molar-refractivity contribution in [3.8, 4) is 0 Å². The van der Waals surface area contributed by atoms with E-state index in [0.717, 1.165) is 19.3 Å². The van der Waals surface area contributed by atoms with Gasteiger partial charge in [0.2, 0.25) is 0 Å². The van der Waals surface area contributed by atoms with Crippen LogP contribution in [-0.2, 0) is 4.57 Å². The van der Waals surface area contributed by atoms with Gasteiger partial charge in [0.1, 0.15) is 0 Å². The maximum Gasteiger partial charge on any atom is 0.376 e. The topological polar surface area (TPSA) is 40.1 Å². The fraction of sp³-hybridized carbons (Fsp3) is 0.923. The van der Waals surface area contributed by atoms with E-state index >= 15 is 0 Å². The van der Waals surface area contributed by atoms with Gasteiger partial charge in [0.15, 0.2) is 0 Å². The van der Waals surface area contributed by atoms with E-state index in [1.54, 1.807) is 0 Å². The molecule has 0 aliphatic heterocycles. The van der Waals surface area contributed by atoms with E-state index in [-0.39, 0.29) is 0 Å². The molecule has 0 spiro atoms. The van der Waals surface area contributed by atoms with Crippen LogP contribution in [0.3, 0.4) is 0 Å². The SMILES string of the molecule is CCCCCCCC/C=C\CCCCCCCCCCC(CC)([P+](=O)[O-])[N+](C)(C)C. The largest absolute Gasteiger partial charge is 0.590 e. The fourth-order valence-electron chi connectivity index (χ4n) is 4.46. The molecule has 4 heteroatoms. The summed E-state index contributed by atoms with van der Waals surface area (Å²) < 4.78 is 12.4. The van der Waals surface area contributed by atoms with Gasteiger partial charge in [-0.2, -0.15) is 0 Å². The Labute approximate surface area is 190 Å². The van der Waals surface area contributed by atoms with Crippen molar-refractivity contribution in [1.29, 1.82) is 0 Å². The van der Waals surface area contributed by atoms with Crippen LogP contribution in [0.25, 0.3) is 0 Å². The predicted octanol–water partition coefficient (Wildman–Crippen LogP) is 8.11. The summed E-state index contributed by atoms with van der Waals surface area (Å²) in [5, 5.41) is -0.599. The first kappa shape index (κ1) is 29.8. The molecule has 0 rings (SSSR count). The van der Waals surface area contributed by atoms with Gasteiger partial charge >= 0.3 is 8.03 Å². The lowest BCUT2D eigenvalue weighted by Gasteiger charge is -2.39. The first-order chi connectivity index (χ1) is 14.3. The average Bonchev–Trinajstić information content (AvgIpc) is 2.68. The van der Waals surface area contributed by atoms with Crippen LogP contribution in [0.15, 0.2) is 12.2 Å². The van der Waals surface area contributed by atoms with E-state index in [9.17, 15) is 9.46 Å². The summed E-state index contributed by atoms with van der Waals surface area (Å²) in [5.41, 5.74) is 0. The third-order valence-electron chi connectivity index (χ3n) is 6.74. The third-order valence-corrected chi connectivity index (χ3v) is 8.56. The summed E-state index contributed by atoms with van der Waals surface area (Å²) in [6, 6.07) is 0. The molecule has 3 nitrogen and oxygen atoms in total. The van der Waals surface area contributed by atoms with Crippen molar-refractivity contribution in [3.63, 3.8) is 0 Å². The molecule has 0 aliphatic carbocycles. The highest BCUT2D eigenvalue weighted by molar-refractivity contribution is 7.38. The van der Waals surface area contributed by atoms with Crippen molar-refractivity contribution in [1.82, 2.24) is 0 Å². The number of quaternary nitrogens is 1. The molecule has 0 heterocycles. The molecule has 2 atom stereocenters. The molecular formula is C26H53NO2P+. The molecule has 0 bridgehead atoms. The Morgan fingerprint density at radius 2 is 1.10 bits per heavy atom. The van der Waals surface area contributed by atoms with Crippen LogP contribution in [-0.4, -0.2) is 30.9 Å². The number of hydrogen-bond donors (Lipinski definition) is 0. The van der Waals surface area contributed by atoms with Crippen LogP contribution in [0, 0.1) is 0 Å². The molecule has 0 saturated heterocycles. The van der Waals surface area contributed by atoms with E-state index < -0.39 is 13.3 Å². The minimum absolute atomic E-state index is 0.510. The van der Waals surface area contributed by atoms with E-state index in [1.165, 1.54) is 89.9 Å². The lowest BCUT2D eigenvalue weighted by Crippen LogP contribution is -2.55. The van der Waals surface area contributed by atoms with Gasteiger partial charge in [-0.1, -0.05) is 101 Å². The van der Waals surface area contributed by atoms with Crippen LogP contribution in [0.1, 0.15) is 129 Å². The number of allylic oxidation sites excluding steroid dienone is 2. The molecular weight excluding hydrogens is 389 g/mol. The Hall–Kier alpha value is -0.240. The lowest BCUT2D eigenvalue weighted by molar-refractivity contribution is -0.910. The van der Waals surface area contributed by atoms with E-state index in [2.05, 4.69) is 19.1 Å². The summed E-state index contributed by atoms with van der Waals surface area (Å²) >= 11 is 0. The predicted molar refractivity (Wildman–Crippen MR) is 132 cm³/mol. The lowest BCUT2D eigenvalue weighted by atomic mass is 10.0. The monoisotopic (exact) mass is 442 g/mol. The number of nitrogens with zero attached hydrogens (tertiary/aromatic N) is 1. The van der Waals surface area contributed by atoms with E-state index in [4.69, 9.17) is 0 Å². The molecule has 0 amide bonds. The van der Waals surface area contributed by atoms with Crippen LogP contribution >= 0.6 is 8.03 Å². The minimum Gasteiger partial charge on any atom is -0.590 e. The van der Waals surface area contributed by atoms with Gasteiger partial charge in [-0.05, 0) is 32.1 Å². The summed E-state index contributed by atoms with van der Waals surface area (Å²) in [6.45, 7) is 4.29. The summed E-state index contributed by atoms with van der Waals surface area (Å²) in [4.78, 5) is 11.9. The Morgan fingerprint density at radius 3 is 1.47 bits per heavy atom. The van der Waals surface area contributed by atoms with Crippen LogP contribution in [0.2, 0.25) is 0 Å². The van der Waals surface area contributed by atoms with Crippen LogP contribution < -0.4 is 4.89 Å².